The number of ether oxygens (including phenoxy) is 1. The molecule has 1 fully saturated rings. The molecule has 0 spiro atoms. The van der Waals surface area contributed by atoms with Crippen molar-refractivity contribution in [3.05, 3.63) is 119 Å². The first kappa shape index (κ1) is 29.2. The largest absolute Gasteiger partial charge is 0.489 e. The molecule has 0 unspecified atom stereocenters. The Morgan fingerprint density at radius 1 is 0.977 bits per heavy atom. The smallest absolute Gasteiger partial charge is 0.407 e. The monoisotopic (exact) mass is 605 g/mol. The highest BCUT2D eigenvalue weighted by Crippen LogP contribution is 2.34. The van der Waals surface area contributed by atoms with Gasteiger partial charge in [0.25, 0.3) is 5.91 Å². The van der Waals surface area contributed by atoms with Crippen molar-refractivity contribution in [2.45, 2.75) is 32.4 Å². The number of aryl methyl sites for hydroxylation is 1. The second kappa shape index (κ2) is 12.8. The van der Waals surface area contributed by atoms with Gasteiger partial charge in [0.15, 0.2) is 0 Å². The minimum atomic E-state index is -0.967. The van der Waals surface area contributed by atoms with Gasteiger partial charge >= 0.3 is 6.09 Å². The Morgan fingerprint density at radius 3 is 2.59 bits per heavy atom. The predicted octanol–water partition coefficient (Wildman–Crippen LogP) is 7.98. The van der Waals surface area contributed by atoms with Crippen molar-refractivity contribution >= 4 is 34.5 Å². The van der Waals surface area contributed by atoms with Crippen LogP contribution in [0.4, 0.5) is 4.79 Å². The van der Waals surface area contributed by atoms with E-state index in [1.165, 1.54) is 4.90 Å². The van der Waals surface area contributed by atoms with Crippen molar-refractivity contribution in [3.8, 4) is 28.0 Å². The number of pyridine rings is 1. The van der Waals surface area contributed by atoms with E-state index >= 15 is 0 Å². The quantitative estimate of drug-likeness (QED) is 0.187. The van der Waals surface area contributed by atoms with Gasteiger partial charge in [0.05, 0.1) is 17.1 Å². The number of hydrogen-bond donors (Lipinski definition) is 2. The van der Waals surface area contributed by atoms with Crippen molar-refractivity contribution in [1.29, 1.82) is 0 Å². The maximum absolute atomic E-state index is 14.0. The highest BCUT2D eigenvalue weighted by atomic mass is 35.5. The van der Waals surface area contributed by atoms with Crippen LogP contribution in [-0.4, -0.2) is 46.1 Å². The lowest BCUT2D eigenvalue weighted by Crippen LogP contribution is -2.42. The third kappa shape index (κ3) is 6.38. The van der Waals surface area contributed by atoms with E-state index in [0.717, 1.165) is 40.0 Å². The zero-order chi connectivity index (χ0) is 30.6. The van der Waals surface area contributed by atoms with Gasteiger partial charge in [-0.15, -0.1) is 0 Å². The molecule has 222 valence electrons. The number of aromatic nitrogens is 1. The Balaban J connectivity index is 1.38. The number of carbonyl (C=O) groups is 2. The third-order valence-electron chi connectivity index (χ3n) is 7.98. The van der Waals surface area contributed by atoms with Crippen molar-refractivity contribution < 1.29 is 19.4 Å². The van der Waals surface area contributed by atoms with Crippen molar-refractivity contribution in [1.82, 2.24) is 15.2 Å². The van der Waals surface area contributed by atoms with Crippen LogP contribution in [0.1, 0.15) is 34.3 Å². The molecular formula is C36H32ClN3O4. The fourth-order valence-electron chi connectivity index (χ4n) is 5.83. The molecule has 1 atom stereocenters. The lowest BCUT2D eigenvalue weighted by atomic mass is 9.94. The summed E-state index contributed by atoms with van der Waals surface area (Å²) in [5, 5.41) is 13.9. The van der Waals surface area contributed by atoms with Crippen LogP contribution in [0.5, 0.6) is 5.75 Å². The summed E-state index contributed by atoms with van der Waals surface area (Å²) in [6.45, 7) is 3.11. The molecule has 1 aromatic heterocycles. The minimum absolute atomic E-state index is 0.226. The summed E-state index contributed by atoms with van der Waals surface area (Å²) in [6, 6.07) is 29.2. The first-order valence-electron chi connectivity index (χ1n) is 14.6. The summed E-state index contributed by atoms with van der Waals surface area (Å²) in [5.74, 6) is 0.449. The van der Waals surface area contributed by atoms with Gasteiger partial charge < -0.3 is 20.1 Å². The second-order valence-corrected chi connectivity index (χ2v) is 11.5. The third-order valence-corrected chi connectivity index (χ3v) is 8.20. The van der Waals surface area contributed by atoms with Gasteiger partial charge in [-0.05, 0) is 84.0 Å². The van der Waals surface area contributed by atoms with Crippen LogP contribution in [0.15, 0.2) is 97.2 Å². The molecule has 0 radical (unpaired) electrons. The topological polar surface area (TPSA) is 91.8 Å². The number of hydrogen-bond acceptors (Lipinski definition) is 4. The number of likely N-dealkylation sites (tertiary alicyclic amines) is 1. The summed E-state index contributed by atoms with van der Waals surface area (Å²) in [7, 11) is 0. The van der Waals surface area contributed by atoms with Crippen molar-refractivity contribution in [3.63, 3.8) is 0 Å². The highest BCUT2D eigenvalue weighted by molar-refractivity contribution is 6.31. The zero-order valence-electron chi connectivity index (χ0n) is 24.3. The number of rotatable bonds is 8. The van der Waals surface area contributed by atoms with E-state index in [2.05, 4.69) is 5.32 Å². The fraction of sp³-hybridized carbons (Fsp3) is 0.194. The molecule has 8 heteroatoms. The van der Waals surface area contributed by atoms with Crippen LogP contribution >= 0.6 is 11.6 Å². The Bertz CT molecular complexity index is 1820. The van der Waals surface area contributed by atoms with Gasteiger partial charge in [-0.2, -0.15) is 0 Å². The molecule has 1 aliphatic heterocycles. The van der Waals surface area contributed by atoms with Crippen LogP contribution in [0.2, 0.25) is 5.02 Å². The van der Waals surface area contributed by atoms with E-state index in [9.17, 15) is 14.7 Å². The maximum atomic E-state index is 14.0. The first-order valence-corrected chi connectivity index (χ1v) is 15.0. The standard InChI is InChI=1S/C36H32ClN3O4/c1-23-15-27(17-28(37)16-23)32-21-38-33-13-12-26(25-9-5-11-30(18-25)44-22-24-7-3-2-4-8-24)19-31(33)34(32)35(41)39-20-29-10-6-14-40(29)36(42)43/h2-5,7-9,11-13,15-19,21,29H,6,10,14,20,22H2,1H3,(H,39,41)(H,42,43)/t29-/m1/s1. The molecule has 1 aliphatic rings. The summed E-state index contributed by atoms with van der Waals surface area (Å²) < 4.78 is 6.07. The molecular weight excluding hydrogens is 574 g/mol. The molecule has 2 amide bonds. The predicted molar refractivity (Wildman–Crippen MR) is 173 cm³/mol. The van der Waals surface area contributed by atoms with Crippen LogP contribution < -0.4 is 10.1 Å². The van der Waals surface area contributed by atoms with Gasteiger partial charge in [0.1, 0.15) is 12.4 Å². The Kier molecular flexibility index (Phi) is 8.48. The van der Waals surface area contributed by atoms with E-state index in [-0.39, 0.29) is 18.5 Å². The van der Waals surface area contributed by atoms with Crippen LogP contribution in [0.25, 0.3) is 33.2 Å². The number of fused-ring (bicyclic) bond motifs is 1. The number of amides is 2. The molecule has 44 heavy (non-hydrogen) atoms. The summed E-state index contributed by atoms with van der Waals surface area (Å²) in [4.78, 5) is 31.8. The number of halogens is 1. The van der Waals surface area contributed by atoms with E-state index in [1.54, 1.807) is 6.20 Å². The normalized spacial score (nSPS) is 14.5. The van der Waals surface area contributed by atoms with Gasteiger partial charge in [-0.25, -0.2) is 4.79 Å². The number of carboxylic acid groups (broad SMARTS) is 1. The molecule has 0 aliphatic carbocycles. The van der Waals surface area contributed by atoms with Gasteiger partial charge in [-0.1, -0.05) is 66.2 Å². The molecule has 0 saturated carbocycles. The summed E-state index contributed by atoms with van der Waals surface area (Å²) in [6.07, 6.45) is 2.22. The minimum Gasteiger partial charge on any atom is -0.489 e. The van der Waals surface area contributed by atoms with E-state index in [1.807, 2.05) is 97.9 Å². The van der Waals surface area contributed by atoms with Crippen LogP contribution in [0, 0.1) is 6.92 Å². The van der Waals surface area contributed by atoms with Gasteiger partial charge in [-0.3, -0.25) is 9.78 Å². The van der Waals surface area contributed by atoms with Gasteiger partial charge in [0.2, 0.25) is 0 Å². The molecule has 7 nitrogen and oxygen atoms in total. The van der Waals surface area contributed by atoms with Gasteiger partial charge in [0, 0.05) is 35.3 Å². The Labute approximate surface area is 261 Å². The fourth-order valence-corrected chi connectivity index (χ4v) is 6.12. The van der Waals surface area contributed by atoms with Crippen LogP contribution in [-0.2, 0) is 6.61 Å². The number of carbonyl (C=O) groups excluding carboxylic acids is 1. The molecule has 2 heterocycles. The Hall–Kier alpha value is -4.88. The average molecular weight is 606 g/mol. The maximum Gasteiger partial charge on any atom is 0.407 e. The summed E-state index contributed by atoms with van der Waals surface area (Å²) in [5.41, 5.74) is 6.47. The van der Waals surface area contributed by atoms with E-state index in [0.29, 0.717) is 46.6 Å². The molecule has 6 rings (SSSR count). The molecule has 1 saturated heterocycles. The zero-order valence-corrected chi connectivity index (χ0v) is 25.1. The lowest BCUT2D eigenvalue weighted by molar-refractivity contribution is 0.0936. The number of nitrogens with zero attached hydrogens (tertiary/aromatic N) is 2. The van der Waals surface area contributed by atoms with E-state index in [4.69, 9.17) is 21.3 Å². The molecule has 2 N–H and O–H groups in total. The molecule has 5 aromatic rings. The van der Waals surface area contributed by atoms with Crippen molar-refractivity contribution in [2.24, 2.45) is 0 Å². The summed E-state index contributed by atoms with van der Waals surface area (Å²) >= 11 is 6.43. The SMILES string of the molecule is Cc1cc(Cl)cc(-c2cnc3ccc(-c4cccc(OCc5ccccc5)c4)cc3c2C(=O)NC[C@H]2CCCN2C(=O)O)c1. The average Bonchev–Trinajstić information content (AvgIpc) is 3.51. The Morgan fingerprint density at radius 2 is 1.80 bits per heavy atom. The van der Waals surface area contributed by atoms with E-state index < -0.39 is 6.09 Å². The highest BCUT2D eigenvalue weighted by Gasteiger charge is 2.29. The van der Waals surface area contributed by atoms with Crippen LogP contribution in [0.3, 0.4) is 0 Å². The van der Waals surface area contributed by atoms with Crippen molar-refractivity contribution in [2.75, 3.05) is 13.1 Å². The number of nitrogens with one attached hydrogen (secondary N) is 1. The second-order valence-electron chi connectivity index (χ2n) is 11.1. The first-order chi connectivity index (χ1) is 21.4. The molecule has 4 aromatic carbocycles. The lowest BCUT2D eigenvalue weighted by Gasteiger charge is -2.22. The molecule has 0 bridgehead atoms. The number of benzene rings is 4.